The van der Waals surface area contributed by atoms with E-state index in [2.05, 4.69) is 10.1 Å². The van der Waals surface area contributed by atoms with Gasteiger partial charge in [-0.15, -0.1) is 0 Å². The van der Waals surface area contributed by atoms with Crippen LogP contribution in [0.15, 0.2) is 53.2 Å². The third-order valence-electron chi connectivity index (χ3n) is 5.28. The zero-order valence-electron chi connectivity index (χ0n) is 16.7. The average molecular weight is 394 g/mol. The molecular formula is C22H26N4O3. The van der Waals surface area contributed by atoms with Gasteiger partial charge in [0.25, 0.3) is 5.91 Å². The second kappa shape index (κ2) is 9.05. The van der Waals surface area contributed by atoms with Crippen molar-refractivity contribution in [1.82, 2.24) is 19.6 Å². The van der Waals surface area contributed by atoms with Crippen molar-refractivity contribution >= 4 is 5.91 Å². The highest BCUT2D eigenvalue weighted by molar-refractivity contribution is 5.93. The Hall–Kier alpha value is -2.93. The van der Waals surface area contributed by atoms with Crippen molar-refractivity contribution in [2.24, 2.45) is 7.05 Å². The Kier molecular flexibility index (Phi) is 6.05. The maximum Gasteiger partial charge on any atom is 0.271 e. The molecule has 4 rings (SSSR count). The standard InChI is InChI=1S/C22H26N4O3/c1-25-13-7-11-19(25)22(27)26-14-6-5-10-18(26)21-23-20(24-29-21)12-15-28-16-17-8-3-2-4-9-17/h2-4,7-9,11,13,18H,5-6,10,12,14-16H2,1H3. The lowest BCUT2D eigenvalue weighted by molar-refractivity contribution is 0.0551. The van der Waals surface area contributed by atoms with Gasteiger partial charge in [0.1, 0.15) is 11.7 Å². The zero-order valence-corrected chi connectivity index (χ0v) is 16.7. The number of amides is 1. The maximum absolute atomic E-state index is 13.0. The molecule has 29 heavy (non-hydrogen) atoms. The Morgan fingerprint density at radius 3 is 2.86 bits per heavy atom. The quantitative estimate of drug-likeness (QED) is 0.573. The fourth-order valence-corrected chi connectivity index (χ4v) is 3.69. The van der Waals surface area contributed by atoms with E-state index in [1.165, 1.54) is 0 Å². The molecular weight excluding hydrogens is 368 g/mol. The summed E-state index contributed by atoms with van der Waals surface area (Å²) in [6.45, 7) is 1.78. The van der Waals surface area contributed by atoms with E-state index in [0.717, 1.165) is 24.8 Å². The third kappa shape index (κ3) is 4.56. The van der Waals surface area contributed by atoms with Crippen LogP contribution in [0.3, 0.4) is 0 Å². The monoisotopic (exact) mass is 394 g/mol. The molecule has 3 heterocycles. The summed E-state index contributed by atoms with van der Waals surface area (Å²) in [7, 11) is 1.88. The maximum atomic E-state index is 13.0. The molecule has 1 atom stereocenters. The molecule has 1 saturated heterocycles. The highest BCUT2D eigenvalue weighted by atomic mass is 16.5. The Bertz CT molecular complexity index is 934. The zero-order chi connectivity index (χ0) is 20.1. The van der Waals surface area contributed by atoms with Gasteiger partial charge in [0.2, 0.25) is 5.89 Å². The van der Waals surface area contributed by atoms with Crippen molar-refractivity contribution in [3.63, 3.8) is 0 Å². The van der Waals surface area contributed by atoms with Gasteiger partial charge in [-0.05, 0) is 37.0 Å². The summed E-state index contributed by atoms with van der Waals surface area (Å²) in [5.74, 6) is 1.14. The Balaban J connectivity index is 1.36. The van der Waals surface area contributed by atoms with Crippen LogP contribution in [0.2, 0.25) is 0 Å². The van der Waals surface area contributed by atoms with Crippen LogP contribution in [0.5, 0.6) is 0 Å². The summed E-state index contributed by atoms with van der Waals surface area (Å²) < 4.78 is 13.1. The van der Waals surface area contributed by atoms with Crippen LogP contribution < -0.4 is 0 Å². The second-order valence-electron chi connectivity index (χ2n) is 7.35. The molecule has 1 amide bonds. The number of piperidine rings is 1. The summed E-state index contributed by atoms with van der Waals surface area (Å²) in [6.07, 6.45) is 5.32. The van der Waals surface area contributed by atoms with Crippen LogP contribution in [0.4, 0.5) is 0 Å². The van der Waals surface area contributed by atoms with Gasteiger partial charge in [0.05, 0.1) is 13.2 Å². The van der Waals surface area contributed by atoms with Gasteiger partial charge in [-0.3, -0.25) is 4.79 Å². The van der Waals surface area contributed by atoms with Gasteiger partial charge in [0.15, 0.2) is 5.82 Å². The predicted octanol–water partition coefficient (Wildman–Crippen LogP) is 3.53. The minimum Gasteiger partial charge on any atom is -0.376 e. The smallest absolute Gasteiger partial charge is 0.271 e. The number of carbonyl (C=O) groups excluding carboxylic acids is 1. The van der Waals surface area contributed by atoms with Crippen LogP contribution >= 0.6 is 0 Å². The third-order valence-corrected chi connectivity index (χ3v) is 5.28. The molecule has 3 aromatic rings. The van der Waals surface area contributed by atoms with Gasteiger partial charge in [-0.1, -0.05) is 35.5 Å². The normalized spacial score (nSPS) is 16.9. The van der Waals surface area contributed by atoms with Crippen LogP contribution in [-0.2, 0) is 24.8 Å². The summed E-state index contributed by atoms with van der Waals surface area (Å²) in [6, 6.07) is 13.6. The minimum atomic E-state index is -0.169. The highest BCUT2D eigenvalue weighted by Crippen LogP contribution is 2.31. The lowest BCUT2D eigenvalue weighted by atomic mass is 10.0. The number of rotatable bonds is 7. The molecule has 1 aromatic carbocycles. The molecule has 2 aromatic heterocycles. The first kappa shape index (κ1) is 19.4. The molecule has 152 valence electrons. The number of hydrogen-bond donors (Lipinski definition) is 0. The van der Waals surface area contributed by atoms with E-state index in [-0.39, 0.29) is 11.9 Å². The van der Waals surface area contributed by atoms with Gasteiger partial charge in [-0.2, -0.15) is 4.98 Å². The molecule has 0 radical (unpaired) electrons. The molecule has 0 N–H and O–H groups in total. The van der Waals surface area contributed by atoms with E-state index in [4.69, 9.17) is 9.26 Å². The Labute approximate surface area is 170 Å². The van der Waals surface area contributed by atoms with Crippen LogP contribution in [0.25, 0.3) is 0 Å². The predicted molar refractivity (Wildman–Crippen MR) is 107 cm³/mol. The largest absolute Gasteiger partial charge is 0.376 e. The van der Waals surface area contributed by atoms with E-state index in [1.54, 1.807) is 0 Å². The van der Waals surface area contributed by atoms with E-state index in [9.17, 15) is 4.79 Å². The van der Waals surface area contributed by atoms with E-state index in [0.29, 0.717) is 43.6 Å². The molecule has 0 saturated carbocycles. The number of aryl methyl sites for hydroxylation is 1. The Morgan fingerprint density at radius 1 is 1.21 bits per heavy atom. The summed E-state index contributed by atoms with van der Waals surface area (Å²) in [5, 5.41) is 4.10. The van der Waals surface area contributed by atoms with Gasteiger partial charge in [-0.25, -0.2) is 0 Å². The SMILES string of the molecule is Cn1cccc1C(=O)N1CCCCC1c1nc(CCOCc2ccccc2)no1. The number of hydrogen-bond acceptors (Lipinski definition) is 5. The van der Waals surface area contributed by atoms with Crippen molar-refractivity contribution in [3.8, 4) is 0 Å². The number of ether oxygens (including phenoxy) is 1. The molecule has 7 heteroatoms. The number of likely N-dealkylation sites (tertiary alicyclic amines) is 1. The number of carbonyl (C=O) groups is 1. The van der Waals surface area contributed by atoms with Crippen LogP contribution in [0.1, 0.15) is 53.1 Å². The fraction of sp³-hybridized carbons (Fsp3) is 0.409. The van der Waals surface area contributed by atoms with Crippen molar-refractivity contribution < 1.29 is 14.1 Å². The topological polar surface area (TPSA) is 73.4 Å². The van der Waals surface area contributed by atoms with Crippen molar-refractivity contribution in [3.05, 3.63) is 71.6 Å². The molecule has 7 nitrogen and oxygen atoms in total. The van der Waals surface area contributed by atoms with E-state index < -0.39 is 0 Å². The van der Waals surface area contributed by atoms with Crippen LogP contribution in [0, 0.1) is 0 Å². The molecule has 0 bridgehead atoms. The van der Waals surface area contributed by atoms with Gasteiger partial charge in [0, 0.05) is 26.2 Å². The first-order valence-corrected chi connectivity index (χ1v) is 10.1. The molecule has 1 unspecified atom stereocenters. The highest BCUT2D eigenvalue weighted by Gasteiger charge is 2.33. The lowest BCUT2D eigenvalue weighted by Gasteiger charge is -2.33. The molecule has 1 aliphatic heterocycles. The fourth-order valence-electron chi connectivity index (χ4n) is 3.69. The molecule has 1 fully saturated rings. The first-order chi connectivity index (χ1) is 14.2. The summed E-state index contributed by atoms with van der Waals surface area (Å²) in [5.41, 5.74) is 1.81. The molecule has 1 aliphatic rings. The molecule has 0 aliphatic carbocycles. The summed E-state index contributed by atoms with van der Waals surface area (Å²) in [4.78, 5) is 19.4. The van der Waals surface area contributed by atoms with Crippen molar-refractivity contribution in [1.29, 1.82) is 0 Å². The lowest BCUT2D eigenvalue weighted by Crippen LogP contribution is -2.39. The minimum absolute atomic E-state index is 0.00754. The average Bonchev–Trinajstić information content (AvgIpc) is 3.40. The number of aromatic nitrogens is 3. The van der Waals surface area contributed by atoms with E-state index >= 15 is 0 Å². The Morgan fingerprint density at radius 2 is 2.07 bits per heavy atom. The van der Waals surface area contributed by atoms with Crippen LogP contribution in [-0.4, -0.2) is 38.7 Å². The first-order valence-electron chi connectivity index (χ1n) is 10.1. The molecule has 0 spiro atoms. The van der Waals surface area contributed by atoms with E-state index in [1.807, 2.05) is 65.2 Å². The van der Waals surface area contributed by atoms with Crippen molar-refractivity contribution in [2.45, 2.75) is 38.3 Å². The summed E-state index contributed by atoms with van der Waals surface area (Å²) >= 11 is 0. The van der Waals surface area contributed by atoms with Gasteiger partial charge < -0.3 is 18.7 Å². The van der Waals surface area contributed by atoms with Gasteiger partial charge >= 0.3 is 0 Å². The second-order valence-corrected chi connectivity index (χ2v) is 7.35. The van der Waals surface area contributed by atoms with Crippen molar-refractivity contribution in [2.75, 3.05) is 13.2 Å². The number of nitrogens with zero attached hydrogens (tertiary/aromatic N) is 4. The number of benzene rings is 1.